The van der Waals surface area contributed by atoms with Crippen molar-refractivity contribution >= 4 is 23.7 Å². The van der Waals surface area contributed by atoms with Crippen LogP contribution < -0.4 is 5.32 Å². The van der Waals surface area contributed by atoms with Crippen molar-refractivity contribution in [3.05, 3.63) is 39.9 Å². The Hall–Kier alpha value is -2.77. The molecule has 0 atom stereocenters. The highest BCUT2D eigenvalue weighted by Gasteiger charge is 2.22. The van der Waals surface area contributed by atoms with Crippen LogP contribution in [0.2, 0.25) is 0 Å². The van der Waals surface area contributed by atoms with Crippen LogP contribution in [-0.4, -0.2) is 41.1 Å². The molecule has 19 heavy (non-hydrogen) atoms. The molecule has 8 nitrogen and oxygen atoms in total. The third-order valence-corrected chi connectivity index (χ3v) is 2.47. The van der Waals surface area contributed by atoms with E-state index in [1.807, 2.05) is 0 Å². The second-order valence-electron chi connectivity index (χ2n) is 3.82. The number of hydrogen-bond donors (Lipinski definition) is 1. The summed E-state index contributed by atoms with van der Waals surface area (Å²) in [6, 6.07) is 5.70. The van der Waals surface area contributed by atoms with E-state index in [9.17, 15) is 19.7 Å². The van der Waals surface area contributed by atoms with Crippen molar-refractivity contribution in [3.8, 4) is 0 Å². The molecule has 0 saturated carbocycles. The molecule has 0 spiro atoms. The van der Waals surface area contributed by atoms with E-state index in [2.05, 4.69) is 10.4 Å². The average molecular weight is 262 g/mol. The maximum atomic E-state index is 11.4. The molecule has 1 aliphatic heterocycles. The van der Waals surface area contributed by atoms with Gasteiger partial charge in [-0.25, -0.2) is 5.01 Å². The Labute approximate surface area is 107 Å². The third kappa shape index (κ3) is 3.12. The predicted octanol–water partition coefficient (Wildman–Crippen LogP) is -0.113. The van der Waals surface area contributed by atoms with E-state index >= 15 is 0 Å². The summed E-state index contributed by atoms with van der Waals surface area (Å²) in [6.07, 6.45) is 1.38. The fraction of sp³-hybridized carbons (Fsp3) is 0.182. The Bertz CT molecular complexity index is 552. The molecular weight excluding hydrogens is 252 g/mol. The van der Waals surface area contributed by atoms with Gasteiger partial charge < -0.3 is 5.32 Å². The van der Waals surface area contributed by atoms with Gasteiger partial charge in [0.15, 0.2) is 0 Å². The number of amides is 2. The van der Waals surface area contributed by atoms with Gasteiger partial charge in [0.05, 0.1) is 17.7 Å². The van der Waals surface area contributed by atoms with Crippen LogP contribution in [0.4, 0.5) is 5.69 Å². The van der Waals surface area contributed by atoms with E-state index in [4.69, 9.17) is 0 Å². The zero-order chi connectivity index (χ0) is 13.8. The molecule has 2 rings (SSSR count). The van der Waals surface area contributed by atoms with Crippen LogP contribution in [0.15, 0.2) is 29.4 Å². The number of nitro benzene ring substituents is 1. The largest absolute Gasteiger partial charge is 0.345 e. The number of piperazine rings is 1. The predicted molar refractivity (Wildman–Crippen MR) is 65.4 cm³/mol. The monoisotopic (exact) mass is 262 g/mol. The molecule has 0 aliphatic carbocycles. The SMILES string of the molecule is O=C1CN(N=Cc2ccc([N+](=O)[O-])cc2)C(=O)CN1. The highest BCUT2D eigenvalue weighted by Crippen LogP contribution is 2.10. The molecular formula is C11H10N4O4. The van der Waals surface area contributed by atoms with Gasteiger partial charge in [-0.15, -0.1) is 0 Å². The van der Waals surface area contributed by atoms with Crippen LogP contribution in [0.25, 0.3) is 0 Å². The second-order valence-corrected chi connectivity index (χ2v) is 3.82. The van der Waals surface area contributed by atoms with Crippen molar-refractivity contribution in [1.29, 1.82) is 0 Å². The molecule has 1 aromatic carbocycles. The number of benzene rings is 1. The Morgan fingerprint density at radius 1 is 1.32 bits per heavy atom. The lowest BCUT2D eigenvalue weighted by atomic mass is 10.2. The van der Waals surface area contributed by atoms with Gasteiger partial charge >= 0.3 is 0 Å². The van der Waals surface area contributed by atoms with Crippen LogP contribution >= 0.6 is 0 Å². The first-order valence-electron chi connectivity index (χ1n) is 5.42. The summed E-state index contributed by atoms with van der Waals surface area (Å²) in [4.78, 5) is 32.5. The van der Waals surface area contributed by atoms with E-state index < -0.39 is 4.92 Å². The van der Waals surface area contributed by atoms with E-state index in [0.29, 0.717) is 5.56 Å². The number of carbonyl (C=O) groups excluding carboxylic acids is 2. The minimum absolute atomic E-state index is 0.0226. The van der Waals surface area contributed by atoms with E-state index in [-0.39, 0.29) is 30.6 Å². The molecule has 2 amide bonds. The molecule has 0 radical (unpaired) electrons. The van der Waals surface area contributed by atoms with Gasteiger partial charge in [0.25, 0.3) is 11.6 Å². The number of carbonyl (C=O) groups is 2. The van der Waals surface area contributed by atoms with Crippen molar-refractivity contribution in [2.75, 3.05) is 13.1 Å². The first-order chi connectivity index (χ1) is 9.06. The molecule has 1 fully saturated rings. The van der Waals surface area contributed by atoms with Gasteiger partial charge in [-0.3, -0.25) is 19.7 Å². The summed E-state index contributed by atoms with van der Waals surface area (Å²) in [7, 11) is 0. The van der Waals surface area contributed by atoms with Gasteiger partial charge in [-0.1, -0.05) is 0 Å². The molecule has 1 aliphatic rings. The lowest BCUT2D eigenvalue weighted by molar-refractivity contribution is -0.384. The van der Waals surface area contributed by atoms with Crippen molar-refractivity contribution < 1.29 is 14.5 Å². The minimum Gasteiger partial charge on any atom is -0.345 e. The molecule has 1 heterocycles. The van der Waals surface area contributed by atoms with Crippen LogP contribution in [0, 0.1) is 10.1 Å². The molecule has 8 heteroatoms. The van der Waals surface area contributed by atoms with Gasteiger partial charge in [0.1, 0.15) is 6.54 Å². The van der Waals surface area contributed by atoms with Gasteiger partial charge in [0, 0.05) is 12.1 Å². The van der Waals surface area contributed by atoms with Gasteiger partial charge in [-0.2, -0.15) is 5.10 Å². The van der Waals surface area contributed by atoms with E-state index in [0.717, 1.165) is 5.01 Å². The molecule has 1 N–H and O–H groups in total. The second kappa shape index (κ2) is 5.25. The summed E-state index contributed by atoms with van der Waals surface area (Å²) in [5.41, 5.74) is 0.579. The highest BCUT2D eigenvalue weighted by molar-refractivity contribution is 5.93. The maximum Gasteiger partial charge on any atom is 0.269 e. The smallest absolute Gasteiger partial charge is 0.269 e. The third-order valence-electron chi connectivity index (χ3n) is 2.47. The lowest BCUT2D eigenvalue weighted by Crippen LogP contribution is -2.49. The number of hydrogen-bond acceptors (Lipinski definition) is 5. The number of non-ortho nitro benzene ring substituents is 1. The average Bonchev–Trinajstić information content (AvgIpc) is 2.40. The lowest BCUT2D eigenvalue weighted by Gasteiger charge is -2.21. The summed E-state index contributed by atoms with van der Waals surface area (Å²) < 4.78 is 0. The number of nitrogens with one attached hydrogen (secondary N) is 1. The molecule has 0 unspecified atom stereocenters. The quantitative estimate of drug-likeness (QED) is 0.466. The van der Waals surface area contributed by atoms with E-state index in [1.54, 1.807) is 0 Å². The van der Waals surface area contributed by atoms with Gasteiger partial charge in [0.2, 0.25) is 5.91 Å². The van der Waals surface area contributed by atoms with Crippen molar-refractivity contribution in [1.82, 2.24) is 10.3 Å². The molecule has 1 aromatic rings. The van der Waals surface area contributed by atoms with Crippen LogP contribution in [0.5, 0.6) is 0 Å². The number of hydrazone groups is 1. The zero-order valence-electron chi connectivity index (χ0n) is 9.78. The fourth-order valence-corrected chi connectivity index (χ4v) is 1.47. The highest BCUT2D eigenvalue weighted by atomic mass is 16.6. The number of rotatable bonds is 3. The summed E-state index contributed by atoms with van der Waals surface area (Å²) >= 11 is 0. The minimum atomic E-state index is -0.501. The summed E-state index contributed by atoms with van der Waals surface area (Å²) in [5.74, 6) is -0.585. The fourth-order valence-electron chi connectivity index (χ4n) is 1.47. The molecule has 98 valence electrons. The van der Waals surface area contributed by atoms with Gasteiger partial charge in [-0.05, 0) is 17.7 Å². The van der Waals surface area contributed by atoms with Crippen LogP contribution in [-0.2, 0) is 9.59 Å². The standard InChI is InChI=1S/C11H10N4O4/c16-10-7-14(11(17)6-12-10)13-5-8-1-3-9(4-2-8)15(18)19/h1-5H,6-7H2,(H,12,16). The van der Waals surface area contributed by atoms with Crippen molar-refractivity contribution in [3.63, 3.8) is 0 Å². The van der Waals surface area contributed by atoms with Crippen molar-refractivity contribution in [2.45, 2.75) is 0 Å². The zero-order valence-corrected chi connectivity index (χ0v) is 9.78. The first kappa shape index (κ1) is 12.7. The Kier molecular flexibility index (Phi) is 3.51. The van der Waals surface area contributed by atoms with Crippen molar-refractivity contribution in [2.24, 2.45) is 5.10 Å². The topological polar surface area (TPSA) is 105 Å². The normalized spacial score (nSPS) is 15.7. The van der Waals surface area contributed by atoms with Crippen LogP contribution in [0.3, 0.4) is 0 Å². The first-order valence-corrected chi connectivity index (χ1v) is 5.42. The Morgan fingerprint density at radius 3 is 2.63 bits per heavy atom. The molecule has 0 bridgehead atoms. The Morgan fingerprint density at radius 2 is 2.00 bits per heavy atom. The Balaban J connectivity index is 2.07. The van der Waals surface area contributed by atoms with Crippen LogP contribution in [0.1, 0.15) is 5.56 Å². The maximum absolute atomic E-state index is 11.4. The summed E-state index contributed by atoms with van der Waals surface area (Å²) in [6.45, 7) is -0.196. The summed E-state index contributed by atoms with van der Waals surface area (Å²) in [5, 5.41) is 17.8. The number of nitrogens with zero attached hydrogens (tertiary/aromatic N) is 3. The van der Waals surface area contributed by atoms with E-state index in [1.165, 1.54) is 30.5 Å². The number of nitro groups is 1. The molecule has 0 aromatic heterocycles. The molecule has 1 saturated heterocycles.